The van der Waals surface area contributed by atoms with E-state index in [9.17, 15) is 4.39 Å². The van der Waals surface area contributed by atoms with Crippen molar-refractivity contribution in [2.75, 3.05) is 13.1 Å². The quantitative estimate of drug-likeness (QED) is 0.863. The molecule has 1 aromatic rings. The van der Waals surface area contributed by atoms with Gasteiger partial charge in [-0.2, -0.15) is 0 Å². The van der Waals surface area contributed by atoms with Gasteiger partial charge in [-0.15, -0.1) is 0 Å². The van der Waals surface area contributed by atoms with Crippen molar-refractivity contribution in [3.8, 4) is 0 Å². The van der Waals surface area contributed by atoms with Crippen molar-refractivity contribution in [2.45, 2.75) is 51.6 Å². The zero-order valence-corrected chi connectivity index (χ0v) is 12.4. The van der Waals surface area contributed by atoms with Gasteiger partial charge in [-0.3, -0.25) is 0 Å². The summed E-state index contributed by atoms with van der Waals surface area (Å²) in [5.74, 6) is 0.680. The number of rotatable bonds is 4. The first-order valence-corrected chi connectivity index (χ1v) is 7.47. The van der Waals surface area contributed by atoms with E-state index in [0.29, 0.717) is 12.3 Å². The van der Waals surface area contributed by atoms with Crippen LogP contribution in [-0.2, 0) is 6.42 Å². The highest BCUT2D eigenvalue weighted by molar-refractivity contribution is 5.25. The first-order valence-electron chi connectivity index (χ1n) is 7.47. The predicted molar refractivity (Wildman–Crippen MR) is 79.3 cm³/mol. The fraction of sp³-hybridized carbons (Fsp3) is 0.647. The second-order valence-corrected chi connectivity index (χ2v) is 6.39. The average Bonchev–Trinajstić information content (AvgIpc) is 2.40. The molecule has 1 aromatic carbocycles. The molecule has 2 rings (SSSR count). The monoisotopic (exact) mass is 263 g/mol. The predicted octanol–water partition coefficient (Wildman–Crippen LogP) is 4.08. The second kappa shape index (κ2) is 6.04. The van der Waals surface area contributed by atoms with Crippen molar-refractivity contribution in [1.82, 2.24) is 5.32 Å². The van der Waals surface area contributed by atoms with Crippen LogP contribution in [0.3, 0.4) is 0 Å². The number of benzene rings is 1. The first kappa shape index (κ1) is 14.5. The van der Waals surface area contributed by atoms with Gasteiger partial charge in [0, 0.05) is 18.9 Å². The van der Waals surface area contributed by atoms with Crippen molar-refractivity contribution >= 4 is 0 Å². The summed E-state index contributed by atoms with van der Waals surface area (Å²) in [4.78, 5) is 0. The van der Waals surface area contributed by atoms with Gasteiger partial charge in [0.1, 0.15) is 5.67 Å². The Hall–Kier alpha value is -0.890. The van der Waals surface area contributed by atoms with Gasteiger partial charge in [-0.25, -0.2) is 4.39 Å². The van der Waals surface area contributed by atoms with Crippen LogP contribution in [0.15, 0.2) is 24.3 Å². The highest BCUT2D eigenvalue weighted by Crippen LogP contribution is 2.31. The normalized spacial score (nSPS) is 23.3. The Morgan fingerprint density at radius 1 is 1.32 bits per heavy atom. The molecule has 1 saturated heterocycles. The summed E-state index contributed by atoms with van der Waals surface area (Å²) in [5.41, 5.74) is 1.33. The van der Waals surface area contributed by atoms with Crippen LogP contribution >= 0.6 is 0 Å². The number of halogens is 1. The van der Waals surface area contributed by atoms with E-state index in [4.69, 9.17) is 0 Å². The molecule has 0 bridgehead atoms. The molecule has 19 heavy (non-hydrogen) atoms. The minimum atomic E-state index is -1.10. The third kappa shape index (κ3) is 3.79. The van der Waals surface area contributed by atoms with Crippen LogP contribution in [0.2, 0.25) is 0 Å². The molecule has 1 N–H and O–H groups in total. The standard InChI is InChI=1S/C17H26FN/c1-13(2)15-8-6-14(7-9-15)11-17(3,18)16-5-4-10-19-12-16/h6-9,13,16,19H,4-5,10-12H2,1-3H3. The minimum Gasteiger partial charge on any atom is -0.316 e. The van der Waals surface area contributed by atoms with Gasteiger partial charge in [-0.1, -0.05) is 38.1 Å². The molecule has 1 aliphatic heterocycles. The van der Waals surface area contributed by atoms with Crippen LogP contribution in [-0.4, -0.2) is 18.8 Å². The Labute approximate surface area is 116 Å². The van der Waals surface area contributed by atoms with Gasteiger partial charge >= 0.3 is 0 Å². The number of nitrogens with one attached hydrogen (secondary N) is 1. The summed E-state index contributed by atoms with van der Waals surface area (Å²) >= 11 is 0. The number of alkyl halides is 1. The van der Waals surface area contributed by atoms with E-state index in [1.54, 1.807) is 6.92 Å². The zero-order chi connectivity index (χ0) is 13.9. The first-order chi connectivity index (χ1) is 8.99. The van der Waals surface area contributed by atoms with Crippen LogP contribution in [0.1, 0.15) is 50.7 Å². The number of hydrogen-bond donors (Lipinski definition) is 1. The summed E-state index contributed by atoms with van der Waals surface area (Å²) < 4.78 is 14.9. The Bertz CT molecular complexity index is 388. The van der Waals surface area contributed by atoms with E-state index in [0.717, 1.165) is 31.5 Å². The molecule has 0 amide bonds. The van der Waals surface area contributed by atoms with Crippen molar-refractivity contribution in [1.29, 1.82) is 0 Å². The van der Waals surface area contributed by atoms with Crippen LogP contribution in [0, 0.1) is 5.92 Å². The fourth-order valence-corrected chi connectivity index (χ4v) is 2.93. The Balaban J connectivity index is 2.02. The SMILES string of the molecule is CC(C)c1ccc(CC(C)(F)C2CCCNC2)cc1. The molecule has 0 aliphatic carbocycles. The van der Waals surface area contributed by atoms with Crippen molar-refractivity contribution in [3.63, 3.8) is 0 Å². The lowest BCUT2D eigenvalue weighted by Gasteiger charge is -2.34. The highest BCUT2D eigenvalue weighted by atomic mass is 19.1. The van der Waals surface area contributed by atoms with E-state index in [2.05, 4.69) is 43.4 Å². The van der Waals surface area contributed by atoms with E-state index in [1.165, 1.54) is 5.56 Å². The van der Waals surface area contributed by atoms with Crippen molar-refractivity contribution in [3.05, 3.63) is 35.4 Å². The number of piperidine rings is 1. The van der Waals surface area contributed by atoms with Crippen LogP contribution in [0.25, 0.3) is 0 Å². The molecule has 0 radical (unpaired) electrons. The van der Waals surface area contributed by atoms with E-state index >= 15 is 0 Å². The summed E-state index contributed by atoms with van der Waals surface area (Å²) in [6.07, 6.45) is 2.62. The smallest absolute Gasteiger partial charge is 0.116 e. The number of hydrogen-bond acceptors (Lipinski definition) is 1. The molecule has 1 heterocycles. The highest BCUT2D eigenvalue weighted by Gasteiger charge is 2.34. The summed E-state index contributed by atoms with van der Waals surface area (Å²) in [7, 11) is 0. The summed E-state index contributed by atoms with van der Waals surface area (Å²) in [6, 6.07) is 8.44. The summed E-state index contributed by atoms with van der Waals surface area (Å²) in [6.45, 7) is 7.98. The molecule has 106 valence electrons. The maximum Gasteiger partial charge on any atom is 0.116 e. The molecule has 0 aromatic heterocycles. The molecule has 1 aliphatic rings. The topological polar surface area (TPSA) is 12.0 Å². The molecule has 2 heteroatoms. The lowest BCUT2D eigenvalue weighted by Crippen LogP contribution is -2.42. The van der Waals surface area contributed by atoms with Gasteiger partial charge in [0.25, 0.3) is 0 Å². The largest absolute Gasteiger partial charge is 0.316 e. The lowest BCUT2D eigenvalue weighted by molar-refractivity contribution is 0.0833. The molecule has 2 atom stereocenters. The second-order valence-electron chi connectivity index (χ2n) is 6.39. The summed E-state index contributed by atoms with van der Waals surface area (Å²) in [5, 5.41) is 3.31. The van der Waals surface area contributed by atoms with E-state index in [1.807, 2.05) is 0 Å². The molecular formula is C17H26FN. The van der Waals surface area contributed by atoms with Crippen LogP contribution in [0.4, 0.5) is 4.39 Å². The molecular weight excluding hydrogens is 237 g/mol. The third-order valence-corrected chi connectivity index (χ3v) is 4.34. The van der Waals surface area contributed by atoms with Crippen LogP contribution in [0.5, 0.6) is 0 Å². The lowest BCUT2D eigenvalue weighted by atomic mass is 9.81. The fourth-order valence-electron chi connectivity index (χ4n) is 2.93. The van der Waals surface area contributed by atoms with Gasteiger partial charge in [0.05, 0.1) is 0 Å². The van der Waals surface area contributed by atoms with E-state index < -0.39 is 5.67 Å². The van der Waals surface area contributed by atoms with E-state index in [-0.39, 0.29) is 5.92 Å². The molecule has 1 fully saturated rings. The Kier molecular flexibility index (Phi) is 4.62. The molecule has 0 saturated carbocycles. The third-order valence-electron chi connectivity index (χ3n) is 4.34. The maximum absolute atomic E-state index is 14.9. The van der Waals surface area contributed by atoms with Gasteiger partial charge < -0.3 is 5.32 Å². The molecule has 0 spiro atoms. The average molecular weight is 263 g/mol. The minimum absolute atomic E-state index is 0.144. The van der Waals surface area contributed by atoms with Gasteiger partial charge in [0.2, 0.25) is 0 Å². The molecule has 2 unspecified atom stereocenters. The molecule has 1 nitrogen and oxygen atoms in total. The van der Waals surface area contributed by atoms with Crippen molar-refractivity contribution < 1.29 is 4.39 Å². The maximum atomic E-state index is 14.9. The Morgan fingerprint density at radius 2 is 2.00 bits per heavy atom. The van der Waals surface area contributed by atoms with Crippen LogP contribution < -0.4 is 5.32 Å². The van der Waals surface area contributed by atoms with Gasteiger partial charge in [0.15, 0.2) is 0 Å². The van der Waals surface area contributed by atoms with Crippen molar-refractivity contribution in [2.24, 2.45) is 5.92 Å². The Morgan fingerprint density at radius 3 is 2.53 bits per heavy atom. The van der Waals surface area contributed by atoms with Gasteiger partial charge in [-0.05, 0) is 43.4 Å². The zero-order valence-electron chi connectivity index (χ0n) is 12.4.